The lowest BCUT2D eigenvalue weighted by Gasteiger charge is -2.70. The van der Waals surface area contributed by atoms with Gasteiger partial charge >= 0.3 is 18.0 Å². The second-order valence-corrected chi connectivity index (χ2v) is 9.22. The zero-order valence-electron chi connectivity index (χ0n) is 17.8. The van der Waals surface area contributed by atoms with Gasteiger partial charge in [-0.3, -0.25) is 25.0 Å². The smallest absolute Gasteiger partial charge is 0.324 e. The number of carbonyl (C=O) groups excluding carboxylic acids is 5. The number of hydrogen-bond acceptors (Lipinski definition) is 6. The van der Waals surface area contributed by atoms with Gasteiger partial charge < -0.3 is 14.5 Å². The monoisotopic (exact) mass is 440 g/mol. The molecule has 1 aromatic carbocycles. The number of esters is 1. The van der Waals surface area contributed by atoms with Crippen LogP contribution in [0, 0.1) is 10.8 Å². The highest BCUT2D eigenvalue weighted by Crippen LogP contribution is 2.63. The van der Waals surface area contributed by atoms with Crippen LogP contribution >= 0.6 is 0 Å². The Balaban J connectivity index is 1.40. The number of benzene rings is 1. The van der Waals surface area contributed by atoms with Crippen LogP contribution in [-0.4, -0.2) is 70.9 Å². The zero-order chi connectivity index (χ0) is 22.8. The summed E-state index contributed by atoms with van der Waals surface area (Å²) in [4.78, 5) is 66.4. The molecule has 10 nitrogen and oxygen atoms in total. The molecule has 4 aliphatic rings. The molecule has 3 saturated heterocycles. The first-order chi connectivity index (χ1) is 15.2. The molecule has 3 heterocycles. The Kier molecular flexibility index (Phi) is 4.34. The van der Waals surface area contributed by atoms with Gasteiger partial charge in [-0.15, -0.1) is 0 Å². The average molecular weight is 440 g/mol. The van der Waals surface area contributed by atoms with Crippen LogP contribution in [-0.2, 0) is 25.5 Å². The molecule has 5 rings (SSSR count). The number of carbonyl (C=O) groups is 5. The molecule has 2 N–H and O–H groups in total. The Morgan fingerprint density at radius 3 is 1.94 bits per heavy atom. The van der Waals surface area contributed by atoms with Gasteiger partial charge in [0.25, 0.3) is 0 Å². The quantitative estimate of drug-likeness (QED) is 0.654. The number of aryl methyl sites for hydroxylation is 1. The number of imide groups is 2. The van der Waals surface area contributed by atoms with Gasteiger partial charge in [0.1, 0.15) is 6.10 Å². The summed E-state index contributed by atoms with van der Waals surface area (Å²) in [6.07, 6.45) is -0.126. The summed E-state index contributed by atoms with van der Waals surface area (Å²) in [7, 11) is 0. The Hall–Kier alpha value is -3.43. The zero-order valence-corrected chi connectivity index (χ0v) is 17.8. The van der Waals surface area contributed by atoms with E-state index in [1.807, 2.05) is 30.3 Å². The predicted molar refractivity (Wildman–Crippen MR) is 109 cm³/mol. The molecule has 168 valence electrons. The molecule has 4 unspecified atom stereocenters. The van der Waals surface area contributed by atoms with Crippen LogP contribution < -0.4 is 10.6 Å². The highest BCUT2D eigenvalue weighted by Gasteiger charge is 2.81. The third-order valence-corrected chi connectivity index (χ3v) is 7.70. The first-order valence-corrected chi connectivity index (χ1v) is 10.7. The van der Waals surface area contributed by atoms with E-state index in [0.29, 0.717) is 6.42 Å². The number of urea groups is 2. The summed E-state index contributed by atoms with van der Waals surface area (Å²) in [5, 5.41) is 4.68. The Bertz CT molecular complexity index is 990. The van der Waals surface area contributed by atoms with E-state index in [-0.39, 0.29) is 19.5 Å². The minimum Gasteiger partial charge on any atom is -0.459 e. The van der Waals surface area contributed by atoms with E-state index in [0.717, 1.165) is 5.56 Å². The van der Waals surface area contributed by atoms with E-state index >= 15 is 0 Å². The standard InChI is InChI=1S/C22H24N4O6/c1-21-15-16-22(21,2)18(29)24-20(31)26(16)11-13(10-25(15)19(30)23-17(21)28)32-14(27)9-8-12-6-4-3-5-7-12/h3-7,13,15-16H,8-11H2,1-2H3,(H,23,28,30)(H,24,29,31). The Morgan fingerprint density at radius 2 is 1.44 bits per heavy atom. The fraction of sp³-hybridized carbons (Fsp3) is 0.500. The molecule has 4 atom stereocenters. The second kappa shape index (κ2) is 6.78. The van der Waals surface area contributed by atoms with Gasteiger partial charge in [-0.05, 0) is 25.8 Å². The molecule has 0 spiro atoms. The molecule has 0 radical (unpaired) electrons. The molecule has 32 heavy (non-hydrogen) atoms. The molecule has 4 fully saturated rings. The maximum atomic E-state index is 12.8. The topological polar surface area (TPSA) is 125 Å². The van der Waals surface area contributed by atoms with Crippen LogP contribution in [0.15, 0.2) is 30.3 Å². The van der Waals surface area contributed by atoms with Crippen molar-refractivity contribution in [1.82, 2.24) is 20.4 Å². The molecule has 1 aromatic rings. The first kappa shape index (κ1) is 20.5. The van der Waals surface area contributed by atoms with Gasteiger partial charge in [-0.25, -0.2) is 9.59 Å². The van der Waals surface area contributed by atoms with Gasteiger partial charge in [0.15, 0.2) is 0 Å². The van der Waals surface area contributed by atoms with Gasteiger partial charge in [0, 0.05) is 6.42 Å². The lowest BCUT2D eigenvalue weighted by atomic mass is 9.42. The number of nitrogens with zero attached hydrogens (tertiary/aromatic N) is 2. The number of rotatable bonds is 4. The van der Waals surface area contributed by atoms with Crippen LogP contribution in [0.5, 0.6) is 0 Å². The average Bonchev–Trinajstić information content (AvgIpc) is 2.93. The number of fused-ring (bicyclic) bond motifs is 1. The fourth-order valence-electron chi connectivity index (χ4n) is 5.80. The maximum absolute atomic E-state index is 12.8. The fourth-order valence-corrected chi connectivity index (χ4v) is 5.80. The summed E-state index contributed by atoms with van der Waals surface area (Å²) in [5.74, 6) is -1.52. The van der Waals surface area contributed by atoms with E-state index in [1.165, 1.54) is 9.80 Å². The third-order valence-electron chi connectivity index (χ3n) is 7.70. The number of hydrogen-bond donors (Lipinski definition) is 2. The molecule has 1 saturated carbocycles. The number of ether oxygens (including phenoxy) is 1. The normalized spacial score (nSPS) is 35.2. The Morgan fingerprint density at radius 1 is 0.938 bits per heavy atom. The van der Waals surface area contributed by atoms with Crippen molar-refractivity contribution in [3.05, 3.63) is 35.9 Å². The first-order valence-electron chi connectivity index (χ1n) is 10.7. The summed E-state index contributed by atoms with van der Waals surface area (Å²) < 4.78 is 5.66. The molecular formula is C22H24N4O6. The van der Waals surface area contributed by atoms with Gasteiger partial charge in [-0.2, -0.15) is 0 Å². The molecular weight excluding hydrogens is 416 g/mol. The molecule has 1 aliphatic carbocycles. The largest absolute Gasteiger partial charge is 0.459 e. The SMILES string of the molecule is CC12C(=O)NC(=O)N3CC(OC(=O)CCc4ccccc4)CN4C(=O)NC(=O)C1(C)C4C32. The summed E-state index contributed by atoms with van der Waals surface area (Å²) in [6, 6.07) is 6.96. The number of nitrogens with one attached hydrogen (secondary N) is 2. The van der Waals surface area contributed by atoms with E-state index in [9.17, 15) is 24.0 Å². The van der Waals surface area contributed by atoms with Crippen molar-refractivity contribution in [3.8, 4) is 0 Å². The van der Waals surface area contributed by atoms with Crippen molar-refractivity contribution in [2.24, 2.45) is 10.8 Å². The van der Waals surface area contributed by atoms with E-state index in [1.54, 1.807) is 13.8 Å². The minimum absolute atomic E-state index is 0.0288. The van der Waals surface area contributed by atoms with E-state index in [4.69, 9.17) is 4.74 Å². The van der Waals surface area contributed by atoms with Crippen LogP contribution in [0.25, 0.3) is 0 Å². The highest BCUT2D eigenvalue weighted by atomic mass is 16.5. The Labute approximate surface area is 184 Å². The van der Waals surface area contributed by atoms with Crippen molar-refractivity contribution in [2.75, 3.05) is 13.1 Å². The van der Waals surface area contributed by atoms with Crippen LogP contribution in [0.3, 0.4) is 0 Å². The predicted octanol–water partition coefficient (Wildman–Crippen LogP) is 0.412. The minimum atomic E-state index is -1.21. The van der Waals surface area contributed by atoms with Crippen molar-refractivity contribution in [1.29, 1.82) is 0 Å². The molecule has 3 aliphatic heterocycles. The van der Waals surface area contributed by atoms with Crippen LogP contribution in [0.4, 0.5) is 9.59 Å². The molecule has 6 amide bonds. The second-order valence-electron chi connectivity index (χ2n) is 9.22. The third kappa shape index (κ3) is 2.55. The van der Waals surface area contributed by atoms with E-state index in [2.05, 4.69) is 10.6 Å². The van der Waals surface area contributed by atoms with Gasteiger partial charge in [-0.1, -0.05) is 30.3 Å². The number of amides is 6. The van der Waals surface area contributed by atoms with Gasteiger partial charge in [0.2, 0.25) is 11.8 Å². The van der Waals surface area contributed by atoms with E-state index < -0.39 is 58.9 Å². The van der Waals surface area contributed by atoms with Crippen LogP contribution in [0.1, 0.15) is 25.8 Å². The van der Waals surface area contributed by atoms with Crippen molar-refractivity contribution in [2.45, 2.75) is 44.9 Å². The summed E-state index contributed by atoms with van der Waals surface area (Å²) in [5.41, 5.74) is -1.42. The summed E-state index contributed by atoms with van der Waals surface area (Å²) in [6.45, 7) is 3.34. The molecule has 0 bridgehead atoms. The molecule has 0 aromatic heterocycles. The highest BCUT2D eigenvalue weighted by molar-refractivity contribution is 6.11. The van der Waals surface area contributed by atoms with Crippen molar-refractivity contribution >= 4 is 29.8 Å². The van der Waals surface area contributed by atoms with Gasteiger partial charge in [0.05, 0.1) is 36.0 Å². The molecule has 10 heteroatoms. The van der Waals surface area contributed by atoms with Crippen LogP contribution in [0.2, 0.25) is 0 Å². The van der Waals surface area contributed by atoms with Crippen molar-refractivity contribution < 1.29 is 28.7 Å². The maximum Gasteiger partial charge on any atom is 0.324 e. The summed E-state index contributed by atoms with van der Waals surface area (Å²) >= 11 is 0. The van der Waals surface area contributed by atoms with Crippen molar-refractivity contribution in [3.63, 3.8) is 0 Å². The lowest BCUT2D eigenvalue weighted by molar-refractivity contribution is -0.209. The lowest BCUT2D eigenvalue weighted by Crippen LogP contribution is -2.90.